The zero-order valence-electron chi connectivity index (χ0n) is 15.9. The summed E-state index contributed by atoms with van der Waals surface area (Å²) in [5.74, 6) is 0.277. The maximum absolute atomic E-state index is 11.9. The topological polar surface area (TPSA) is 89.6 Å². The Balaban J connectivity index is 1.39. The molecule has 3 rings (SSSR count). The van der Waals surface area contributed by atoms with Crippen LogP contribution in [0.5, 0.6) is 11.5 Å². The number of hydrogen-bond acceptors (Lipinski definition) is 5. The van der Waals surface area contributed by atoms with Crippen LogP contribution in [0.1, 0.15) is 21.6 Å². The molecule has 0 aliphatic rings. The van der Waals surface area contributed by atoms with E-state index in [1.54, 1.807) is 36.4 Å². The Morgan fingerprint density at radius 2 is 1.55 bits per heavy atom. The Kier molecular flexibility index (Phi) is 6.78. The first-order valence-corrected chi connectivity index (χ1v) is 9.01. The average molecular weight is 391 g/mol. The molecule has 0 bridgehead atoms. The van der Waals surface area contributed by atoms with E-state index in [2.05, 4.69) is 15.8 Å². The van der Waals surface area contributed by atoms with Crippen LogP contribution in [0.25, 0.3) is 0 Å². The van der Waals surface area contributed by atoms with Crippen molar-refractivity contribution in [3.63, 3.8) is 0 Å². The molecule has 0 spiro atoms. The number of nitrogens with one attached hydrogen (secondary N) is 2. The van der Waals surface area contributed by atoms with Crippen LogP contribution in [0.3, 0.4) is 0 Å². The molecule has 0 saturated carbocycles. The molecule has 0 aliphatic carbocycles. The van der Waals surface area contributed by atoms with Gasteiger partial charge < -0.3 is 9.47 Å². The summed E-state index contributed by atoms with van der Waals surface area (Å²) in [5.41, 5.74) is 6.85. The van der Waals surface area contributed by atoms with Crippen molar-refractivity contribution < 1.29 is 19.1 Å². The van der Waals surface area contributed by atoms with Crippen molar-refractivity contribution >= 4 is 11.8 Å². The highest BCUT2D eigenvalue weighted by Gasteiger charge is 2.08. The lowest BCUT2D eigenvalue weighted by molar-refractivity contribution is -0.123. The first kappa shape index (κ1) is 19.9. The summed E-state index contributed by atoms with van der Waals surface area (Å²) < 4.78 is 11.1. The quantitative estimate of drug-likeness (QED) is 0.605. The van der Waals surface area contributed by atoms with Crippen LogP contribution in [-0.2, 0) is 11.4 Å². The molecule has 2 N–H and O–H groups in total. The number of amides is 2. The predicted molar refractivity (Wildman–Crippen MR) is 107 cm³/mol. The molecular weight excluding hydrogens is 370 g/mol. The Bertz CT molecular complexity index is 942. The Hall–Kier alpha value is -3.87. The minimum atomic E-state index is -0.483. The van der Waals surface area contributed by atoms with Crippen molar-refractivity contribution in [2.75, 3.05) is 6.61 Å². The van der Waals surface area contributed by atoms with Crippen molar-refractivity contribution in [2.24, 2.45) is 0 Å². The third-order valence-electron chi connectivity index (χ3n) is 3.93. The van der Waals surface area contributed by atoms with E-state index in [1.165, 1.54) is 6.20 Å². The lowest BCUT2D eigenvalue weighted by Crippen LogP contribution is -2.43. The van der Waals surface area contributed by atoms with Gasteiger partial charge in [-0.05, 0) is 48.9 Å². The molecule has 0 atom stereocenters. The number of hydrazine groups is 1. The van der Waals surface area contributed by atoms with E-state index in [-0.39, 0.29) is 6.61 Å². The number of aryl methyl sites for hydroxylation is 1. The number of hydrogen-bond donors (Lipinski definition) is 2. The van der Waals surface area contributed by atoms with Crippen LogP contribution in [0.4, 0.5) is 0 Å². The van der Waals surface area contributed by atoms with Gasteiger partial charge in [-0.25, -0.2) is 0 Å². The van der Waals surface area contributed by atoms with Gasteiger partial charge in [-0.1, -0.05) is 30.3 Å². The molecule has 3 aromatic rings. The summed E-state index contributed by atoms with van der Waals surface area (Å²) in [4.78, 5) is 27.8. The summed E-state index contributed by atoms with van der Waals surface area (Å²) >= 11 is 0. The number of benzene rings is 2. The SMILES string of the molecule is Cc1ccc(C(=O)NNC(=O)COc2ccc(OCc3ccccc3)cc2)cn1. The molecule has 2 aromatic carbocycles. The van der Waals surface area contributed by atoms with Gasteiger partial charge in [0, 0.05) is 11.9 Å². The second-order valence-electron chi connectivity index (χ2n) is 6.22. The minimum absolute atomic E-state index is 0.239. The van der Waals surface area contributed by atoms with Crippen molar-refractivity contribution in [2.45, 2.75) is 13.5 Å². The van der Waals surface area contributed by atoms with Crippen LogP contribution in [0.15, 0.2) is 72.9 Å². The summed E-state index contributed by atoms with van der Waals surface area (Å²) in [6.45, 7) is 2.05. The van der Waals surface area contributed by atoms with Gasteiger partial charge in [0.1, 0.15) is 18.1 Å². The third-order valence-corrected chi connectivity index (χ3v) is 3.93. The van der Waals surface area contributed by atoms with E-state index < -0.39 is 11.8 Å². The van der Waals surface area contributed by atoms with Gasteiger partial charge in [-0.3, -0.25) is 25.4 Å². The first-order chi connectivity index (χ1) is 14.1. The van der Waals surface area contributed by atoms with E-state index in [1.807, 2.05) is 37.3 Å². The second kappa shape index (κ2) is 9.89. The number of carbonyl (C=O) groups is 2. The minimum Gasteiger partial charge on any atom is -0.489 e. The molecule has 0 aliphatic heterocycles. The van der Waals surface area contributed by atoms with E-state index in [0.29, 0.717) is 23.7 Å². The summed E-state index contributed by atoms with van der Waals surface area (Å²) in [7, 11) is 0. The normalized spacial score (nSPS) is 10.1. The Morgan fingerprint density at radius 3 is 2.21 bits per heavy atom. The highest BCUT2D eigenvalue weighted by atomic mass is 16.5. The molecule has 148 valence electrons. The van der Waals surface area contributed by atoms with Crippen molar-refractivity contribution in [1.82, 2.24) is 15.8 Å². The molecule has 7 nitrogen and oxygen atoms in total. The fourth-order valence-electron chi connectivity index (χ4n) is 2.36. The largest absolute Gasteiger partial charge is 0.489 e. The summed E-state index contributed by atoms with van der Waals surface area (Å²) in [5, 5.41) is 0. The fourth-order valence-corrected chi connectivity index (χ4v) is 2.36. The average Bonchev–Trinajstić information content (AvgIpc) is 2.76. The maximum Gasteiger partial charge on any atom is 0.276 e. The maximum atomic E-state index is 11.9. The van der Waals surface area contributed by atoms with Crippen LogP contribution in [0, 0.1) is 6.92 Å². The lowest BCUT2D eigenvalue weighted by Gasteiger charge is -2.10. The molecule has 1 heterocycles. The molecule has 0 unspecified atom stereocenters. The molecule has 1 aromatic heterocycles. The number of rotatable bonds is 7. The number of ether oxygens (including phenoxy) is 2. The van der Waals surface area contributed by atoms with Gasteiger partial charge in [-0.2, -0.15) is 0 Å². The van der Waals surface area contributed by atoms with Crippen molar-refractivity contribution in [3.8, 4) is 11.5 Å². The smallest absolute Gasteiger partial charge is 0.276 e. The Morgan fingerprint density at radius 1 is 0.862 bits per heavy atom. The number of nitrogens with zero attached hydrogens (tertiary/aromatic N) is 1. The zero-order chi connectivity index (χ0) is 20.5. The van der Waals surface area contributed by atoms with E-state index in [9.17, 15) is 9.59 Å². The van der Waals surface area contributed by atoms with Gasteiger partial charge in [0.25, 0.3) is 11.8 Å². The lowest BCUT2D eigenvalue weighted by atomic mass is 10.2. The molecule has 29 heavy (non-hydrogen) atoms. The van der Waals surface area contributed by atoms with Gasteiger partial charge in [0.05, 0.1) is 5.56 Å². The predicted octanol–water partition coefficient (Wildman–Crippen LogP) is 2.81. The molecule has 0 fully saturated rings. The Labute approximate surface area is 168 Å². The number of aromatic nitrogens is 1. The number of carbonyl (C=O) groups excluding carboxylic acids is 2. The first-order valence-electron chi connectivity index (χ1n) is 9.01. The van der Waals surface area contributed by atoms with Crippen LogP contribution in [-0.4, -0.2) is 23.4 Å². The van der Waals surface area contributed by atoms with E-state index in [4.69, 9.17) is 9.47 Å². The van der Waals surface area contributed by atoms with Gasteiger partial charge in [-0.15, -0.1) is 0 Å². The molecule has 0 radical (unpaired) electrons. The van der Waals surface area contributed by atoms with Crippen molar-refractivity contribution in [1.29, 1.82) is 0 Å². The monoisotopic (exact) mass is 391 g/mol. The zero-order valence-corrected chi connectivity index (χ0v) is 15.9. The molecular formula is C22H21N3O4. The highest BCUT2D eigenvalue weighted by molar-refractivity contribution is 5.95. The van der Waals surface area contributed by atoms with Crippen LogP contribution in [0.2, 0.25) is 0 Å². The summed E-state index contributed by atoms with van der Waals surface area (Å²) in [6.07, 6.45) is 1.44. The number of pyridine rings is 1. The van der Waals surface area contributed by atoms with Gasteiger partial charge in [0.2, 0.25) is 0 Å². The molecule has 2 amide bonds. The van der Waals surface area contributed by atoms with E-state index in [0.717, 1.165) is 11.3 Å². The van der Waals surface area contributed by atoms with Crippen LogP contribution < -0.4 is 20.3 Å². The molecule has 7 heteroatoms. The van der Waals surface area contributed by atoms with Gasteiger partial charge >= 0.3 is 0 Å². The summed E-state index contributed by atoms with van der Waals surface area (Å²) in [6, 6.07) is 20.2. The van der Waals surface area contributed by atoms with Crippen LogP contribution >= 0.6 is 0 Å². The van der Waals surface area contributed by atoms with Crippen molar-refractivity contribution in [3.05, 3.63) is 89.7 Å². The third kappa shape index (κ3) is 6.35. The van der Waals surface area contributed by atoms with E-state index >= 15 is 0 Å². The molecule has 0 saturated heterocycles. The second-order valence-corrected chi connectivity index (χ2v) is 6.22. The highest BCUT2D eigenvalue weighted by Crippen LogP contribution is 2.18. The fraction of sp³-hybridized carbons (Fsp3) is 0.136. The van der Waals surface area contributed by atoms with Gasteiger partial charge in [0.15, 0.2) is 6.61 Å². The standard InChI is InChI=1S/C22H21N3O4/c1-16-7-8-18(13-23-16)22(27)25-24-21(26)15-29-20-11-9-19(10-12-20)28-14-17-5-3-2-4-6-17/h2-13H,14-15H2,1H3,(H,24,26)(H,25,27).